The molecule has 0 saturated heterocycles. The molecular weight excluding hydrogens is 220 g/mol. The van der Waals surface area contributed by atoms with E-state index < -0.39 is 0 Å². The Kier molecular flexibility index (Phi) is 5.10. The predicted octanol–water partition coefficient (Wildman–Crippen LogP) is 3.42. The lowest BCUT2D eigenvalue weighted by molar-refractivity contribution is 0.590. The lowest BCUT2D eigenvalue weighted by atomic mass is 10.1. The molecule has 3 heteroatoms. The first kappa shape index (κ1) is 13.3. The molecule has 1 rings (SSSR count). The Labute approximate surface area is 103 Å². The molecule has 16 heavy (non-hydrogen) atoms. The Bertz CT molecular complexity index is 335. The van der Waals surface area contributed by atoms with Crippen LogP contribution in [0.4, 0.5) is 5.69 Å². The van der Waals surface area contributed by atoms with E-state index in [2.05, 4.69) is 25.8 Å². The molecule has 0 bridgehead atoms. The van der Waals surface area contributed by atoms with Crippen LogP contribution in [0.1, 0.15) is 32.3 Å². The van der Waals surface area contributed by atoms with Gasteiger partial charge in [0.2, 0.25) is 0 Å². The summed E-state index contributed by atoms with van der Waals surface area (Å²) in [7, 11) is 2.11. The molecule has 0 aromatic heterocycles. The van der Waals surface area contributed by atoms with Crippen molar-refractivity contribution in [2.24, 2.45) is 5.73 Å². The Balaban J connectivity index is 3.04. The maximum Gasteiger partial charge on any atom is 0.0426 e. The molecule has 0 aliphatic heterocycles. The average molecular weight is 241 g/mol. The second kappa shape index (κ2) is 6.12. The highest BCUT2D eigenvalue weighted by Gasteiger charge is 2.14. The van der Waals surface area contributed by atoms with Crippen LogP contribution in [0.2, 0.25) is 5.02 Å². The van der Waals surface area contributed by atoms with Gasteiger partial charge in [0.25, 0.3) is 0 Å². The van der Waals surface area contributed by atoms with Gasteiger partial charge >= 0.3 is 0 Å². The van der Waals surface area contributed by atoms with Gasteiger partial charge in [-0.15, -0.1) is 0 Å². The van der Waals surface area contributed by atoms with E-state index in [9.17, 15) is 0 Å². The number of nitrogens with zero attached hydrogens (tertiary/aromatic N) is 1. The summed E-state index contributed by atoms with van der Waals surface area (Å²) < 4.78 is 0. The molecule has 1 aromatic rings. The van der Waals surface area contributed by atoms with E-state index in [-0.39, 0.29) is 0 Å². The first-order chi connectivity index (χ1) is 7.63. The highest BCUT2D eigenvalue weighted by Crippen LogP contribution is 2.26. The van der Waals surface area contributed by atoms with Crippen LogP contribution < -0.4 is 10.6 Å². The summed E-state index contributed by atoms with van der Waals surface area (Å²) in [5, 5.41) is 0.769. The molecule has 2 N–H and O–H groups in total. The minimum absolute atomic E-state index is 0.545. The van der Waals surface area contributed by atoms with Crippen LogP contribution in [0.15, 0.2) is 18.2 Å². The predicted molar refractivity (Wildman–Crippen MR) is 72.1 cm³/mol. The number of nitrogens with two attached hydrogens (primary N) is 1. The largest absolute Gasteiger partial charge is 0.371 e. The molecule has 0 unspecified atom stereocenters. The van der Waals surface area contributed by atoms with Gasteiger partial charge in [-0.25, -0.2) is 0 Å². The van der Waals surface area contributed by atoms with Crippen molar-refractivity contribution in [3.8, 4) is 0 Å². The highest BCUT2D eigenvalue weighted by molar-refractivity contribution is 6.30. The summed E-state index contributed by atoms with van der Waals surface area (Å²) in [5.74, 6) is 0. The molecule has 0 spiro atoms. The van der Waals surface area contributed by atoms with E-state index in [1.807, 2.05) is 18.2 Å². The Morgan fingerprint density at radius 2 is 1.94 bits per heavy atom. The van der Waals surface area contributed by atoms with Gasteiger partial charge in [-0.2, -0.15) is 0 Å². The molecule has 0 aliphatic carbocycles. The van der Waals surface area contributed by atoms with Crippen LogP contribution >= 0.6 is 11.6 Å². The summed E-state index contributed by atoms with van der Waals surface area (Å²) in [5.41, 5.74) is 8.06. The molecule has 0 saturated carbocycles. The zero-order valence-corrected chi connectivity index (χ0v) is 11.1. The topological polar surface area (TPSA) is 29.3 Å². The van der Waals surface area contributed by atoms with Crippen molar-refractivity contribution in [3.63, 3.8) is 0 Å². The summed E-state index contributed by atoms with van der Waals surface area (Å²) in [6.07, 6.45) is 2.26. The lowest BCUT2D eigenvalue weighted by Gasteiger charge is -2.30. The molecule has 0 amide bonds. The van der Waals surface area contributed by atoms with Gasteiger partial charge in [-0.05, 0) is 30.5 Å². The number of benzene rings is 1. The SMILES string of the molecule is CCC(CC)N(C)c1cc(Cl)ccc1CN. The van der Waals surface area contributed by atoms with E-state index in [0.29, 0.717) is 12.6 Å². The highest BCUT2D eigenvalue weighted by atomic mass is 35.5. The number of halogens is 1. The van der Waals surface area contributed by atoms with Gasteiger partial charge < -0.3 is 10.6 Å². The number of anilines is 1. The fourth-order valence-electron chi connectivity index (χ4n) is 2.07. The van der Waals surface area contributed by atoms with Crippen molar-refractivity contribution < 1.29 is 0 Å². The van der Waals surface area contributed by atoms with E-state index in [0.717, 1.165) is 29.1 Å². The molecule has 90 valence electrons. The second-order valence-corrected chi connectivity index (χ2v) is 4.49. The van der Waals surface area contributed by atoms with Crippen LogP contribution in [0.5, 0.6) is 0 Å². The van der Waals surface area contributed by atoms with Crippen LogP contribution in [-0.4, -0.2) is 13.1 Å². The zero-order valence-electron chi connectivity index (χ0n) is 10.3. The van der Waals surface area contributed by atoms with Gasteiger partial charge in [-0.3, -0.25) is 0 Å². The summed E-state index contributed by atoms with van der Waals surface area (Å²) >= 11 is 6.04. The lowest BCUT2D eigenvalue weighted by Crippen LogP contribution is -2.31. The molecular formula is C13H21ClN2. The molecule has 0 fully saturated rings. The second-order valence-electron chi connectivity index (χ2n) is 4.06. The van der Waals surface area contributed by atoms with Crippen molar-refractivity contribution in [1.29, 1.82) is 0 Å². The Morgan fingerprint density at radius 3 is 2.44 bits per heavy atom. The van der Waals surface area contributed by atoms with E-state index in [1.54, 1.807) is 0 Å². The number of hydrogen-bond acceptors (Lipinski definition) is 2. The van der Waals surface area contributed by atoms with Crippen LogP contribution in [0, 0.1) is 0 Å². The molecule has 0 radical (unpaired) electrons. The van der Waals surface area contributed by atoms with Gasteiger partial charge in [0.05, 0.1) is 0 Å². The third-order valence-corrected chi connectivity index (χ3v) is 3.37. The Morgan fingerprint density at radius 1 is 1.31 bits per heavy atom. The third-order valence-electron chi connectivity index (χ3n) is 3.14. The first-order valence-electron chi connectivity index (χ1n) is 5.85. The van der Waals surface area contributed by atoms with Crippen LogP contribution in [0.3, 0.4) is 0 Å². The van der Waals surface area contributed by atoms with Gasteiger partial charge in [0.1, 0.15) is 0 Å². The summed E-state index contributed by atoms with van der Waals surface area (Å²) in [6.45, 7) is 4.96. The van der Waals surface area contributed by atoms with Crippen molar-refractivity contribution in [2.75, 3.05) is 11.9 Å². The smallest absolute Gasteiger partial charge is 0.0426 e. The zero-order chi connectivity index (χ0) is 12.1. The molecule has 0 heterocycles. The van der Waals surface area contributed by atoms with Gasteiger partial charge in [0, 0.05) is 30.3 Å². The van der Waals surface area contributed by atoms with Gasteiger partial charge in [0.15, 0.2) is 0 Å². The number of rotatable bonds is 5. The third kappa shape index (κ3) is 2.89. The van der Waals surface area contributed by atoms with Crippen molar-refractivity contribution in [1.82, 2.24) is 0 Å². The average Bonchev–Trinajstić information content (AvgIpc) is 2.30. The van der Waals surface area contributed by atoms with Crippen molar-refractivity contribution >= 4 is 17.3 Å². The van der Waals surface area contributed by atoms with E-state index in [1.165, 1.54) is 0 Å². The van der Waals surface area contributed by atoms with Crippen molar-refractivity contribution in [3.05, 3.63) is 28.8 Å². The first-order valence-corrected chi connectivity index (χ1v) is 6.23. The molecule has 0 aliphatic rings. The Hall–Kier alpha value is -0.730. The van der Waals surface area contributed by atoms with Crippen LogP contribution in [0.25, 0.3) is 0 Å². The maximum atomic E-state index is 6.04. The normalized spacial score (nSPS) is 10.9. The minimum atomic E-state index is 0.545. The molecule has 2 nitrogen and oxygen atoms in total. The standard InChI is InChI=1S/C13H21ClN2/c1-4-12(5-2)16(3)13-8-11(14)7-6-10(13)9-15/h6-8,12H,4-5,9,15H2,1-3H3. The molecule has 0 atom stereocenters. The molecule has 1 aromatic carbocycles. The summed E-state index contributed by atoms with van der Waals surface area (Å²) in [4.78, 5) is 2.29. The van der Waals surface area contributed by atoms with Gasteiger partial charge in [-0.1, -0.05) is 31.5 Å². The van der Waals surface area contributed by atoms with E-state index >= 15 is 0 Å². The van der Waals surface area contributed by atoms with Crippen LogP contribution in [-0.2, 0) is 6.54 Å². The number of hydrogen-bond donors (Lipinski definition) is 1. The maximum absolute atomic E-state index is 6.04. The summed E-state index contributed by atoms with van der Waals surface area (Å²) in [6, 6.07) is 6.45. The van der Waals surface area contributed by atoms with Crippen molar-refractivity contribution in [2.45, 2.75) is 39.3 Å². The quantitative estimate of drug-likeness (QED) is 0.855. The fraction of sp³-hybridized carbons (Fsp3) is 0.538. The monoisotopic (exact) mass is 240 g/mol. The minimum Gasteiger partial charge on any atom is -0.371 e. The van der Waals surface area contributed by atoms with E-state index in [4.69, 9.17) is 17.3 Å². The fourth-order valence-corrected chi connectivity index (χ4v) is 2.24.